The third-order valence-corrected chi connectivity index (χ3v) is 5.15. The Morgan fingerprint density at radius 3 is 2.43 bits per heavy atom. The zero-order valence-electron chi connectivity index (χ0n) is 17.2. The SMILES string of the molecule is Cc1ccc(CN(C)C(=O)COC(=O)c2ccc(N3CCCC3)c([N+](=O)[O-])c2)cc1. The van der Waals surface area contributed by atoms with E-state index in [4.69, 9.17) is 4.74 Å². The van der Waals surface area contributed by atoms with Gasteiger partial charge in [-0.3, -0.25) is 14.9 Å². The average molecular weight is 411 g/mol. The van der Waals surface area contributed by atoms with Crippen LogP contribution in [0.1, 0.15) is 34.3 Å². The first-order valence-corrected chi connectivity index (χ1v) is 9.85. The molecule has 0 unspecified atom stereocenters. The summed E-state index contributed by atoms with van der Waals surface area (Å²) in [5, 5.41) is 11.5. The molecule has 2 aromatic carbocycles. The van der Waals surface area contributed by atoms with E-state index < -0.39 is 17.5 Å². The summed E-state index contributed by atoms with van der Waals surface area (Å²) in [6, 6.07) is 12.1. The van der Waals surface area contributed by atoms with Gasteiger partial charge in [0.05, 0.1) is 10.5 Å². The van der Waals surface area contributed by atoms with Crippen LogP contribution >= 0.6 is 0 Å². The lowest BCUT2D eigenvalue weighted by Gasteiger charge is -2.18. The first-order valence-electron chi connectivity index (χ1n) is 9.85. The Kier molecular flexibility index (Phi) is 6.66. The monoisotopic (exact) mass is 411 g/mol. The molecule has 0 saturated carbocycles. The van der Waals surface area contributed by atoms with Crippen LogP contribution in [-0.4, -0.2) is 48.4 Å². The van der Waals surface area contributed by atoms with Gasteiger partial charge in [-0.15, -0.1) is 0 Å². The standard InChI is InChI=1S/C22H25N3O5/c1-16-5-7-17(8-6-16)14-23(2)21(26)15-30-22(27)18-9-10-19(20(13-18)25(28)29)24-11-3-4-12-24/h5-10,13H,3-4,11-12,14-15H2,1-2H3. The van der Waals surface area contributed by atoms with Crippen molar-refractivity contribution >= 4 is 23.3 Å². The Bertz CT molecular complexity index is 936. The fourth-order valence-electron chi connectivity index (χ4n) is 3.40. The normalized spacial score (nSPS) is 13.2. The Balaban J connectivity index is 1.61. The number of esters is 1. The van der Waals surface area contributed by atoms with Crippen molar-refractivity contribution in [2.45, 2.75) is 26.3 Å². The molecule has 0 radical (unpaired) electrons. The number of likely N-dealkylation sites (N-methyl/N-ethyl adjacent to an activating group) is 1. The van der Waals surface area contributed by atoms with Crippen molar-refractivity contribution < 1.29 is 19.2 Å². The van der Waals surface area contributed by atoms with E-state index in [1.165, 1.54) is 17.0 Å². The minimum Gasteiger partial charge on any atom is -0.452 e. The summed E-state index contributed by atoms with van der Waals surface area (Å²) >= 11 is 0. The quantitative estimate of drug-likeness (QED) is 0.394. The maximum absolute atomic E-state index is 12.3. The second kappa shape index (κ2) is 9.39. The lowest BCUT2D eigenvalue weighted by Crippen LogP contribution is -2.30. The molecule has 158 valence electrons. The fraction of sp³-hybridized carbons (Fsp3) is 0.364. The molecule has 1 saturated heterocycles. The lowest BCUT2D eigenvalue weighted by molar-refractivity contribution is -0.384. The highest BCUT2D eigenvalue weighted by Gasteiger charge is 2.24. The van der Waals surface area contributed by atoms with Crippen LogP contribution in [0.5, 0.6) is 0 Å². The molecule has 1 amide bonds. The summed E-state index contributed by atoms with van der Waals surface area (Å²) in [7, 11) is 1.63. The van der Waals surface area contributed by atoms with Crippen LogP contribution in [0.2, 0.25) is 0 Å². The van der Waals surface area contributed by atoms with Gasteiger partial charge in [-0.2, -0.15) is 0 Å². The van der Waals surface area contributed by atoms with Gasteiger partial charge in [0.15, 0.2) is 6.61 Å². The van der Waals surface area contributed by atoms with Crippen LogP contribution in [-0.2, 0) is 16.1 Å². The Hall–Kier alpha value is -3.42. The minimum absolute atomic E-state index is 0.0543. The van der Waals surface area contributed by atoms with Crippen LogP contribution in [0.15, 0.2) is 42.5 Å². The van der Waals surface area contributed by atoms with Gasteiger partial charge in [0.25, 0.3) is 11.6 Å². The molecule has 1 heterocycles. The molecule has 8 heteroatoms. The van der Waals surface area contributed by atoms with Crippen molar-refractivity contribution in [2.24, 2.45) is 0 Å². The van der Waals surface area contributed by atoms with Crippen molar-refractivity contribution in [1.82, 2.24) is 4.90 Å². The number of amides is 1. The number of nitro benzene ring substituents is 1. The molecule has 3 rings (SSSR count). The minimum atomic E-state index is -0.761. The van der Waals surface area contributed by atoms with E-state index in [9.17, 15) is 19.7 Å². The third-order valence-electron chi connectivity index (χ3n) is 5.15. The summed E-state index contributed by atoms with van der Waals surface area (Å²) in [6.45, 7) is 3.47. The molecular formula is C22H25N3O5. The van der Waals surface area contributed by atoms with Gasteiger partial charge < -0.3 is 14.5 Å². The topological polar surface area (TPSA) is 93.0 Å². The third kappa shape index (κ3) is 5.14. The predicted octanol–water partition coefficient (Wildman–Crippen LogP) is 3.32. The van der Waals surface area contributed by atoms with Crippen molar-refractivity contribution in [3.8, 4) is 0 Å². The predicted molar refractivity (Wildman–Crippen MR) is 112 cm³/mol. The van der Waals surface area contributed by atoms with Gasteiger partial charge in [-0.1, -0.05) is 29.8 Å². The molecule has 0 spiro atoms. The van der Waals surface area contributed by atoms with Crippen LogP contribution in [0.25, 0.3) is 0 Å². The molecule has 30 heavy (non-hydrogen) atoms. The number of nitro groups is 1. The van der Waals surface area contributed by atoms with Gasteiger partial charge >= 0.3 is 5.97 Å². The van der Waals surface area contributed by atoms with Crippen molar-refractivity contribution in [3.05, 3.63) is 69.3 Å². The van der Waals surface area contributed by atoms with Gasteiger partial charge in [0.1, 0.15) is 5.69 Å². The summed E-state index contributed by atoms with van der Waals surface area (Å²) in [5.74, 6) is -1.12. The summed E-state index contributed by atoms with van der Waals surface area (Å²) in [4.78, 5) is 39.0. The number of nitrogens with zero attached hydrogens (tertiary/aromatic N) is 3. The molecular weight excluding hydrogens is 386 g/mol. The molecule has 1 aliphatic heterocycles. The van der Waals surface area contributed by atoms with Crippen molar-refractivity contribution in [3.63, 3.8) is 0 Å². The van der Waals surface area contributed by atoms with Gasteiger partial charge in [0.2, 0.25) is 0 Å². The van der Waals surface area contributed by atoms with Crippen molar-refractivity contribution in [2.75, 3.05) is 31.6 Å². The number of rotatable bonds is 7. The number of ether oxygens (including phenoxy) is 1. The zero-order chi connectivity index (χ0) is 21.7. The molecule has 2 aromatic rings. The maximum Gasteiger partial charge on any atom is 0.338 e. The molecule has 0 atom stereocenters. The van der Waals surface area contributed by atoms with E-state index in [0.717, 1.165) is 37.1 Å². The lowest BCUT2D eigenvalue weighted by atomic mass is 10.1. The van der Waals surface area contributed by atoms with E-state index in [1.54, 1.807) is 13.1 Å². The summed E-state index contributed by atoms with van der Waals surface area (Å²) < 4.78 is 5.10. The van der Waals surface area contributed by atoms with Crippen LogP contribution in [0.3, 0.4) is 0 Å². The molecule has 0 aromatic heterocycles. The highest BCUT2D eigenvalue weighted by molar-refractivity contribution is 5.93. The average Bonchev–Trinajstić information content (AvgIpc) is 3.27. The Morgan fingerprint density at radius 1 is 1.13 bits per heavy atom. The summed E-state index contributed by atoms with van der Waals surface area (Å²) in [6.07, 6.45) is 1.97. The molecule has 0 N–H and O–H groups in total. The number of benzene rings is 2. The molecule has 1 aliphatic rings. The first kappa shape index (κ1) is 21.3. The van der Waals surface area contributed by atoms with Crippen molar-refractivity contribution in [1.29, 1.82) is 0 Å². The second-order valence-electron chi connectivity index (χ2n) is 7.47. The molecule has 8 nitrogen and oxygen atoms in total. The number of anilines is 1. The number of carbonyl (C=O) groups is 2. The van der Waals surface area contributed by atoms with E-state index >= 15 is 0 Å². The second-order valence-corrected chi connectivity index (χ2v) is 7.47. The number of carbonyl (C=O) groups excluding carboxylic acids is 2. The Labute approximate surface area is 175 Å². The van der Waals surface area contributed by atoms with Crippen LogP contribution < -0.4 is 4.90 Å². The van der Waals surface area contributed by atoms with E-state index in [0.29, 0.717) is 12.2 Å². The molecule has 1 fully saturated rings. The molecule has 0 aliphatic carbocycles. The highest BCUT2D eigenvalue weighted by Crippen LogP contribution is 2.31. The first-order chi connectivity index (χ1) is 14.3. The largest absolute Gasteiger partial charge is 0.452 e. The fourth-order valence-corrected chi connectivity index (χ4v) is 3.40. The zero-order valence-corrected chi connectivity index (χ0v) is 17.2. The van der Waals surface area contributed by atoms with Crippen LogP contribution in [0.4, 0.5) is 11.4 Å². The van der Waals surface area contributed by atoms with E-state index in [1.807, 2.05) is 36.1 Å². The molecule has 0 bridgehead atoms. The summed E-state index contributed by atoms with van der Waals surface area (Å²) in [5.41, 5.74) is 2.53. The van der Waals surface area contributed by atoms with Gasteiger partial charge in [0, 0.05) is 32.7 Å². The van der Waals surface area contributed by atoms with Gasteiger partial charge in [-0.05, 0) is 37.5 Å². The van der Waals surface area contributed by atoms with E-state index in [-0.39, 0.29) is 17.2 Å². The number of aryl methyl sites for hydroxylation is 1. The number of hydrogen-bond acceptors (Lipinski definition) is 6. The Morgan fingerprint density at radius 2 is 1.80 bits per heavy atom. The van der Waals surface area contributed by atoms with Gasteiger partial charge in [-0.25, -0.2) is 4.79 Å². The smallest absolute Gasteiger partial charge is 0.338 e. The highest BCUT2D eigenvalue weighted by atomic mass is 16.6. The van der Waals surface area contributed by atoms with E-state index in [2.05, 4.69) is 0 Å². The number of hydrogen-bond donors (Lipinski definition) is 0. The maximum atomic E-state index is 12.3. The van der Waals surface area contributed by atoms with Crippen LogP contribution in [0, 0.1) is 17.0 Å².